The molecule has 1 saturated heterocycles. The normalized spacial score (nSPS) is 19.7. The van der Waals surface area contributed by atoms with E-state index in [4.69, 9.17) is 0 Å². The standard InChI is InChI=1S/C20H31N5O2/c1-3-21-19(26)15-23-10-12-24(13-11-23)20(27)22-8-9-25-16(2)14-17-6-4-5-7-18(17)25/h4-7,16H,3,8-15H2,1-2H3,(H,21,26)(H,22,27). The van der Waals surface area contributed by atoms with Crippen LogP contribution in [0.3, 0.4) is 0 Å². The number of para-hydroxylation sites is 1. The summed E-state index contributed by atoms with van der Waals surface area (Å²) in [4.78, 5) is 30.4. The zero-order chi connectivity index (χ0) is 19.2. The Morgan fingerprint density at radius 1 is 1.11 bits per heavy atom. The van der Waals surface area contributed by atoms with Crippen LogP contribution in [0, 0.1) is 0 Å². The zero-order valence-electron chi connectivity index (χ0n) is 16.4. The van der Waals surface area contributed by atoms with E-state index in [2.05, 4.69) is 51.6 Å². The second-order valence-electron chi connectivity index (χ2n) is 7.32. The first-order chi connectivity index (χ1) is 13.1. The number of anilines is 1. The van der Waals surface area contributed by atoms with Gasteiger partial charge in [-0.05, 0) is 31.9 Å². The minimum absolute atomic E-state index is 0.00667. The highest BCUT2D eigenvalue weighted by Crippen LogP contribution is 2.31. The Labute approximate surface area is 161 Å². The zero-order valence-corrected chi connectivity index (χ0v) is 16.4. The van der Waals surface area contributed by atoms with Crippen molar-refractivity contribution in [2.75, 3.05) is 57.3 Å². The van der Waals surface area contributed by atoms with Gasteiger partial charge in [-0.15, -0.1) is 0 Å². The summed E-state index contributed by atoms with van der Waals surface area (Å²) in [5, 5.41) is 5.87. The monoisotopic (exact) mass is 373 g/mol. The molecule has 0 bridgehead atoms. The molecule has 27 heavy (non-hydrogen) atoms. The third-order valence-electron chi connectivity index (χ3n) is 5.38. The third kappa shape index (κ3) is 4.91. The van der Waals surface area contributed by atoms with Crippen LogP contribution in [-0.2, 0) is 11.2 Å². The SMILES string of the molecule is CCNC(=O)CN1CCN(C(=O)NCCN2c3ccccc3CC2C)CC1. The molecule has 2 aliphatic rings. The fourth-order valence-corrected chi connectivity index (χ4v) is 3.93. The molecule has 148 valence electrons. The van der Waals surface area contributed by atoms with Crippen molar-refractivity contribution in [3.63, 3.8) is 0 Å². The number of urea groups is 1. The summed E-state index contributed by atoms with van der Waals surface area (Å²) in [5.74, 6) is 0.0513. The maximum absolute atomic E-state index is 12.4. The van der Waals surface area contributed by atoms with Gasteiger partial charge in [0.15, 0.2) is 0 Å². The summed E-state index contributed by atoms with van der Waals surface area (Å²) in [6.45, 7) is 9.47. The van der Waals surface area contributed by atoms with E-state index in [1.807, 2.05) is 11.8 Å². The van der Waals surface area contributed by atoms with Crippen molar-refractivity contribution in [2.24, 2.45) is 0 Å². The number of rotatable bonds is 6. The van der Waals surface area contributed by atoms with Gasteiger partial charge >= 0.3 is 6.03 Å². The number of hydrogen-bond acceptors (Lipinski definition) is 4. The van der Waals surface area contributed by atoms with Gasteiger partial charge in [-0.2, -0.15) is 0 Å². The fraction of sp³-hybridized carbons (Fsp3) is 0.600. The molecule has 0 aromatic heterocycles. The molecule has 1 atom stereocenters. The molecule has 0 spiro atoms. The average Bonchev–Trinajstić information content (AvgIpc) is 2.98. The van der Waals surface area contributed by atoms with Gasteiger partial charge in [0.05, 0.1) is 6.54 Å². The van der Waals surface area contributed by atoms with E-state index in [0.29, 0.717) is 38.8 Å². The molecular weight excluding hydrogens is 342 g/mol. The lowest BCUT2D eigenvalue weighted by molar-refractivity contribution is -0.122. The summed E-state index contributed by atoms with van der Waals surface area (Å²) in [6.07, 6.45) is 1.07. The molecule has 3 amide bonds. The molecule has 3 rings (SSSR count). The summed E-state index contributed by atoms with van der Waals surface area (Å²) in [6, 6.07) is 8.97. The van der Waals surface area contributed by atoms with Gasteiger partial charge in [-0.1, -0.05) is 18.2 Å². The van der Waals surface area contributed by atoms with Crippen molar-refractivity contribution in [3.05, 3.63) is 29.8 Å². The Hall–Kier alpha value is -2.28. The predicted molar refractivity (Wildman–Crippen MR) is 107 cm³/mol. The van der Waals surface area contributed by atoms with Gasteiger partial charge in [0.2, 0.25) is 5.91 Å². The van der Waals surface area contributed by atoms with Crippen LogP contribution in [0.2, 0.25) is 0 Å². The summed E-state index contributed by atoms with van der Waals surface area (Å²) < 4.78 is 0. The van der Waals surface area contributed by atoms with E-state index in [9.17, 15) is 9.59 Å². The van der Waals surface area contributed by atoms with Crippen molar-refractivity contribution in [1.29, 1.82) is 0 Å². The fourth-order valence-electron chi connectivity index (χ4n) is 3.93. The van der Waals surface area contributed by atoms with Crippen LogP contribution in [0.25, 0.3) is 0 Å². The molecule has 2 heterocycles. The van der Waals surface area contributed by atoms with Crippen LogP contribution in [0.15, 0.2) is 24.3 Å². The third-order valence-corrected chi connectivity index (χ3v) is 5.38. The Morgan fingerprint density at radius 2 is 1.85 bits per heavy atom. The first-order valence-corrected chi connectivity index (χ1v) is 9.95. The molecule has 7 heteroatoms. The van der Waals surface area contributed by atoms with Gasteiger partial charge in [0.25, 0.3) is 0 Å². The lowest BCUT2D eigenvalue weighted by atomic mass is 10.1. The van der Waals surface area contributed by atoms with Crippen LogP contribution in [0.1, 0.15) is 19.4 Å². The van der Waals surface area contributed by atoms with Gasteiger partial charge in [-0.3, -0.25) is 9.69 Å². The van der Waals surface area contributed by atoms with Crippen molar-refractivity contribution in [2.45, 2.75) is 26.3 Å². The smallest absolute Gasteiger partial charge is 0.317 e. The summed E-state index contributed by atoms with van der Waals surface area (Å²) in [7, 11) is 0. The second kappa shape index (κ2) is 9.08. The van der Waals surface area contributed by atoms with Crippen LogP contribution in [0.4, 0.5) is 10.5 Å². The highest BCUT2D eigenvalue weighted by Gasteiger charge is 2.26. The number of fused-ring (bicyclic) bond motifs is 1. The molecule has 7 nitrogen and oxygen atoms in total. The average molecular weight is 374 g/mol. The molecule has 1 aromatic carbocycles. The van der Waals surface area contributed by atoms with Crippen molar-refractivity contribution < 1.29 is 9.59 Å². The number of carbonyl (C=O) groups is 2. The van der Waals surface area contributed by atoms with Crippen LogP contribution >= 0.6 is 0 Å². The number of amides is 3. The Morgan fingerprint density at radius 3 is 2.59 bits per heavy atom. The molecule has 1 unspecified atom stereocenters. The van der Waals surface area contributed by atoms with Gasteiger partial charge in [0.1, 0.15) is 0 Å². The van der Waals surface area contributed by atoms with Gasteiger partial charge in [0, 0.05) is 57.5 Å². The van der Waals surface area contributed by atoms with Crippen LogP contribution in [-0.4, -0.2) is 80.1 Å². The molecular formula is C20H31N5O2. The Kier molecular flexibility index (Phi) is 6.55. The number of likely N-dealkylation sites (N-methyl/N-ethyl adjacent to an activating group) is 1. The minimum atomic E-state index is -0.00667. The predicted octanol–water partition coefficient (Wildman–Crippen LogP) is 0.901. The van der Waals surface area contributed by atoms with E-state index in [1.165, 1.54) is 11.3 Å². The number of nitrogens with one attached hydrogen (secondary N) is 2. The van der Waals surface area contributed by atoms with Crippen molar-refractivity contribution >= 4 is 17.6 Å². The molecule has 2 aliphatic heterocycles. The van der Waals surface area contributed by atoms with Crippen LogP contribution < -0.4 is 15.5 Å². The lowest BCUT2D eigenvalue weighted by Crippen LogP contribution is -2.54. The molecule has 0 radical (unpaired) electrons. The van der Waals surface area contributed by atoms with Crippen molar-refractivity contribution in [3.8, 4) is 0 Å². The highest BCUT2D eigenvalue weighted by molar-refractivity contribution is 5.78. The van der Waals surface area contributed by atoms with Crippen LogP contribution in [0.5, 0.6) is 0 Å². The first-order valence-electron chi connectivity index (χ1n) is 9.95. The van der Waals surface area contributed by atoms with E-state index < -0.39 is 0 Å². The highest BCUT2D eigenvalue weighted by atomic mass is 16.2. The number of benzene rings is 1. The lowest BCUT2D eigenvalue weighted by Gasteiger charge is -2.34. The summed E-state index contributed by atoms with van der Waals surface area (Å²) in [5.41, 5.74) is 2.68. The molecule has 0 aliphatic carbocycles. The van der Waals surface area contributed by atoms with E-state index in [0.717, 1.165) is 26.1 Å². The van der Waals surface area contributed by atoms with E-state index >= 15 is 0 Å². The minimum Gasteiger partial charge on any atom is -0.367 e. The van der Waals surface area contributed by atoms with Gasteiger partial charge in [-0.25, -0.2) is 4.79 Å². The molecule has 1 aromatic rings. The Bertz CT molecular complexity index is 658. The van der Waals surface area contributed by atoms with Crippen molar-refractivity contribution in [1.82, 2.24) is 20.4 Å². The van der Waals surface area contributed by atoms with E-state index in [-0.39, 0.29) is 11.9 Å². The largest absolute Gasteiger partial charge is 0.367 e. The second-order valence-corrected chi connectivity index (χ2v) is 7.32. The summed E-state index contributed by atoms with van der Waals surface area (Å²) >= 11 is 0. The topological polar surface area (TPSA) is 67.9 Å². The number of carbonyl (C=O) groups excluding carboxylic acids is 2. The van der Waals surface area contributed by atoms with E-state index in [1.54, 1.807) is 0 Å². The van der Waals surface area contributed by atoms with Gasteiger partial charge < -0.3 is 20.4 Å². The first kappa shape index (κ1) is 19.5. The molecule has 2 N–H and O–H groups in total. The number of piperazine rings is 1. The number of nitrogens with zero attached hydrogens (tertiary/aromatic N) is 3. The molecule has 0 saturated carbocycles. The Balaban J connectivity index is 1.39. The maximum atomic E-state index is 12.4. The maximum Gasteiger partial charge on any atom is 0.317 e. The quantitative estimate of drug-likeness (QED) is 0.778. The number of hydrogen-bond donors (Lipinski definition) is 2. The molecule has 1 fully saturated rings.